The summed E-state index contributed by atoms with van der Waals surface area (Å²) in [7, 11) is -3.22. The van der Waals surface area contributed by atoms with E-state index in [1.165, 1.54) is 9.87 Å². The summed E-state index contributed by atoms with van der Waals surface area (Å²) in [6.07, 6.45) is 2.09. The SMILES string of the molecule is CCCS(=O)(=O)N1CCC[C@@H](C(=O)NCc2ccc(C)cc2)C1. The highest BCUT2D eigenvalue weighted by molar-refractivity contribution is 7.89. The van der Waals surface area contributed by atoms with E-state index in [-0.39, 0.29) is 17.6 Å². The van der Waals surface area contributed by atoms with E-state index in [0.717, 1.165) is 18.4 Å². The third-order valence-corrected chi connectivity index (χ3v) is 6.24. The van der Waals surface area contributed by atoms with Gasteiger partial charge >= 0.3 is 0 Å². The van der Waals surface area contributed by atoms with Gasteiger partial charge in [-0.25, -0.2) is 12.7 Å². The summed E-state index contributed by atoms with van der Waals surface area (Å²) in [5.41, 5.74) is 2.24. The second-order valence-electron chi connectivity index (χ2n) is 6.22. The molecule has 1 fully saturated rings. The fraction of sp³-hybridized carbons (Fsp3) is 0.588. The molecule has 0 bridgehead atoms. The molecular formula is C17H26N2O3S. The quantitative estimate of drug-likeness (QED) is 0.863. The maximum atomic E-state index is 12.3. The number of hydrogen-bond donors (Lipinski definition) is 1. The minimum atomic E-state index is -3.22. The smallest absolute Gasteiger partial charge is 0.224 e. The average molecular weight is 338 g/mol. The first-order valence-corrected chi connectivity index (χ1v) is 9.84. The maximum absolute atomic E-state index is 12.3. The summed E-state index contributed by atoms with van der Waals surface area (Å²) in [5, 5.41) is 2.93. The van der Waals surface area contributed by atoms with Crippen molar-refractivity contribution >= 4 is 15.9 Å². The number of benzene rings is 1. The highest BCUT2D eigenvalue weighted by Gasteiger charge is 2.31. The zero-order valence-corrected chi connectivity index (χ0v) is 14.7. The molecule has 1 aromatic rings. The second-order valence-corrected chi connectivity index (χ2v) is 8.31. The van der Waals surface area contributed by atoms with Crippen LogP contribution in [0.2, 0.25) is 0 Å². The number of carbonyl (C=O) groups excluding carboxylic acids is 1. The Labute approximate surface area is 139 Å². The third kappa shape index (κ3) is 5.04. The molecule has 5 nitrogen and oxygen atoms in total. The lowest BCUT2D eigenvalue weighted by molar-refractivity contribution is -0.126. The predicted molar refractivity (Wildman–Crippen MR) is 91.4 cm³/mol. The number of piperidine rings is 1. The Balaban J connectivity index is 1.90. The minimum Gasteiger partial charge on any atom is -0.352 e. The number of amides is 1. The standard InChI is InChI=1S/C17H26N2O3S/c1-3-11-23(21,22)19-10-4-5-16(13-19)17(20)18-12-15-8-6-14(2)7-9-15/h6-9,16H,3-5,10-13H2,1-2H3,(H,18,20)/t16-/m1/s1. The van der Waals surface area contributed by atoms with E-state index in [9.17, 15) is 13.2 Å². The van der Waals surface area contributed by atoms with E-state index < -0.39 is 10.0 Å². The highest BCUT2D eigenvalue weighted by Crippen LogP contribution is 2.20. The maximum Gasteiger partial charge on any atom is 0.224 e. The molecule has 1 aliphatic rings. The van der Waals surface area contributed by atoms with E-state index in [0.29, 0.717) is 26.1 Å². The first kappa shape index (κ1) is 17.9. The lowest BCUT2D eigenvalue weighted by Gasteiger charge is -2.31. The van der Waals surface area contributed by atoms with Gasteiger partial charge < -0.3 is 5.32 Å². The predicted octanol–water partition coefficient (Wildman–Crippen LogP) is 2.06. The first-order valence-electron chi connectivity index (χ1n) is 8.23. The van der Waals surface area contributed by atoms with E-state index in [2.05, 4.69) is 5.32 Å². The Morgan fingerprint density at radius 2 is 2.00 bits per heavy atom. The zero-order chi connectivity index (χ0) is 16.9. The van der Waals surface area contributed by atoms with Crippen LogP contribution in [-0.2, 0) is 21.4 Å². The molecule has 0 unspecified atom stereocenters. The first-order chi connectivity index (χ1) is 10.9. The molecule has 6 heteroatoms. The average Bonchev–Trinajstić information content (AvgIpc) is 2.54. The van der Waals surface area contributed by atoms with Crippen molar-refractivity contribution in [1.82, 2.24) is 9.62 Å². The molecule has 1 atom stereocenters. The highest BCUT2D eigenvalue weighted by atomic mass is 32.2. The molecule has 0 aliphatic carbocycles. The van der Waals surface area contributed by atoms with Crippen LogP contribution in [0, 0.1) is 12.8 Å². The molecular weight excluding hydrogens is 312 g/mol. The largest absolute Gasteiger partial charge is 0.352 e. The van der Waals surface area contributed by atoms with Gasteiger partial charge in [0.2, 0.25) is 15.9 Å². The number of rotatable bonds is 6. The van der Waals surface area contributed by atoms with Gasteiger partial charge in [-0.15, -0.1) is 0 Å². The van der Waals surface area contributed by atoms with Crippen molar-refractivity contribution < 1.29 is 13.2 Å². The number of hydrogen-bond acceptors (Lipinski definition) is 3. The van der Waals surface area contributed by atoms with Crippen LogP contribution in [0.1, 0.15) is 37.3 Å². The fourth-order valence-electron chi connectivity index (χ4n) is 2.84. The van der Waals surface area contributed by atoms with Crippen molar-refractivity contribution in [1.29, 1.82) is 0 Å². The lowest BCUT2D eigenvalue weighted by atomic mass is 9.98. The molecule has 1 N–H and O–H groups in total. The fourth-order valence-corrected chi connectivity index (χ4v) is 4.42. The van der Waals surface area contributed by atoms with Crippen LogP contribution in [0.4, 0.5) is 0 Å². The topological polar surface area (TPSA) is 66.5 Å². The zero-order valence-electron chi connectivity index (χ0n) is 13.9. The van der Waals surface area contributed by atoms with Crippen molar-refractivity contribution in [2.75, 3.05) is 18.8 Å². The van der Waals surface area contributed by atoms with Gasteiger partial charge in [0, 0.05) is 19.6 Å². The van der Waals surface area contributed by atoms with Gasteiger partial charge in [-0.1, -0.05) is 36.8 Å². The van der Waals surface area contributed by atoms with Gasteiger partial charge in [0.1, 0.15) is 0 Å². The second kappa shape index (κ2) is 7.93. The van der Waals surface area contributed by atoms with Crippen molar-refractivity contribution in [3.8, 4) is 0 Å². The van der Waals surface area contributed by atoms with E-state index in [1.54, 1.807) is 0 Å². The van der Waals surface area contributed by atoms with E-state index in [1.807, 2.05) is 38.1 Å². The summed E-state index contributed by atoms with van der Waals surface area (Å²) in [6.45, 7) is 5.20. The number of aryl methyl sites for hydroxylation is 1. The Bertz CT molecular complexity index is 626. The molecule has 1 aliphatic heterocycles. The number of nitrogens with one attached hydrogen (secondary N) is 1. The van der Waals surface area contributed by atoms with Crippen LogP contribution in [0.3, 0.4) is 0 Å². The van der Waals surface area contributed by atoms with Gasteiger partial charge in [0.25, 0.3) is 0 Å². The Morgan fingerprint density at radius 3 is 2.65 bits per heavy atom. The molecule has 1 saturated heterocycles. The normalized spacial score (nSPS) is 19.5. The van der Waals surface area contributed by atoms with Gasteiger partial charge in [-0.2, -0.15) is 0 Å². The number of nitrogens with zero attached hydrogens (tertiary/aromatic N) is 1. The van der Waals surface area contributed by atoms with Gasteiger partial charge in [-0.05, 0) is 31.7 Å². The van der Waals surface area contributed by atoms with Crippen molar-refractivity contribution in [2.24, 2.45) is 5.92 Å². The monoisotopic (exact) mass is 338 g/mol. The van der Waals surface area contributed by atoms with Gasteiger partial charge in [-0.3, -0.25) is 4.79 Å². The summed E-state index contributed by atoms with van der Waals surface area (Å²) in [6, 6.07) is 8.02. The molecule has 23 heavy (non-hydrogen) atoms. The van der Waals surface area contributed by atoms with E-state index in [4.69, 9.17) is 0 Å². The number of sulfonamides is 1. The van der Waals surface area contributed by atoms with E-state index >= 15 is 0 Å². The molecule has 0 spiro atoms. The van der Waals surface area contributed by atoms with Crippen LogP contribution in [0.25, 0.3) is 0 Å². The lowest BCUT2D eigenvalue weighted by Crippen LogP contribution is -2.45. The molecule has 1 aromatic carbocycles. The molecule has 1 heterocycles. The van der Waals surface area contributed by atoms with Crippen LogP contribution in [0.5, 0.6) is 0 Å². The van der Waals surface area contributed by atoms with Crippen molar-refractivity contribution in [3.05, 3.63) is 35.4 Å². The minimum absolute atomic E-state index is 0.0537. The van der Waals surface area contributed by atoms with Crippen LogP contribution >= 0.6 is 0 Å². The van der Waals surface area contributed by atoms with Crippen LogP contribution in [-0.4, -0.2) is 37.5 Å². The summed E-state index contributed by atoms with van der Waals surface area (Å²) < 4.78 is 25.8. The molecule has 0 saturated carbocycles. The molecule has 0 aromatic heterocycles. The Kier molecular flexibility index (Phi) is 6.18. The van der Waals surface area contributed by atoms with Gasteiger partial charge in [0.05, 0.1) is 11.7 Å². The van der Waals surface area contributed by atoms with Crippen molar-refractivity contribution in [3.63, 3.8) is 0 Å². The summed E-state index contributed by atoms with van der Waals surface area (Å²) >= 11 is 0. The molecule has 1 amide bonds. The Morgan fingerprint density at radius 1 is 1.30 bits per heavy atom. The molecule has 0 radical (unpaired) electrons. The number of carbonyl (C=O) groups is 1. The summed E-state index contributed by atoms with van der Waals surface area (Å²) in [5.74, 6) is -0.146. The molecule has 128 valence electrons. The van der Waals surface area contributed by atoms with Gasteiger partial charge in [0.15, 0.2) is 0 Å². The molecule has 2 rings (SSSR count). The Hall–Kier alpha value is -1.40. The van der Waals surface area contributed by atoms with Crippen LogP contribution < -0.4 is 5.32 Å². The summed E-state index contributed by atoms with van der Waals surface area (Å²) in [4.78, 5) is 12.3. The third-order valence-electron chi connectivity index (χ3n) is 4.20. The van der Waals surface area contributed by atoms with Crippen LogP contribution in [0.15, 0.2) is 24.3 Å². The van der Waals surface area contributed by atoms with Crippen molar-refractivity contribution in [2.45, 2.75) is 39.7 Å².